The fourth-order valence-electron chi connectivity index (χ4n) is 3.69. The molecule has 3 rings (SSSR count). The molecule has 0 bridgehead atoms. The Kier molecular flexibility index (Phi) is 10.0. The maximum absolute atomic E-state index is 13.4. The van der Waals surface area contributed by atoms with Gasteiger partial charge in [0.05, 0.1) is 0 Å². The Morgan fingerprint density at radius 2 is 1.36 bits per heavy atom. The van der Waals surface area contributed by atoms with Gasteiger partial charge in [0.1, 0.15) is 6.04 Å². The van der Waals surface area contributed by atoms with Gasteiger partial charge in [0, 0.05) is 37.4 Å². The highest BCUT2D eigenvalue weighted by Crippen LogP contribution is 2.18. The molecule has 0 spiro atoms. The lowest BCUT2D eigenvalue weighted by atomic mass is 10.0. The molecule has 0 fully saturated rings. The van der Waals surface area contributed by atoms with E-state index in [9.17, 15) is 9.59 Å². The molecule has 0 aliphatic heterocycles. The van der Waals surface area contributed by atoms with E-state index in [2.05, 4.69) is 17.4 Å². The van der Waals surface area contributed by atoms with Crippen LogP contribution in [-0.2, 0) is 28.3 Å². The molecule has 5 heteroatoms. The van der Waals surface area contributed by atoms with Crippen molar-refractivity contribution in [2.45, 2.75) is 38.1 Å². The van der Waals surface area contributed by atoms with Crippen molar-refractivity contribution in [1.29, 1.82) is 0 Å². The lowest BCUT2D eigenvalue weighted by Gasteiger charge is -2.31. The molecule has 0 saturated carbocycles. The minimum atomic E-state index is -0.556. The van der Waals surface area contributed by atoms with Gasteiger partial charge in [0.15, 0.2) is 0 Å². The third-order valence-corrected chi connectivity index (χ3v) is 6.42. The smallest absolute Gasteiger partial charge is 0.243 e. The van der Waals surface area contributed by atoms with Crippen molar-refractivity contribution in [2.75, 3.05) is 12.3 Å². The number of likely N-dealkylation sites (N-methyl/N-ethyl adjacent to an activating group) is 1. The number of nitrogens with one attached hydrogen (secondary N) is 1. The third kappa shape index (κ3) is 8.10. The highest BCUT2D eigenvalue weighted by molar-refractivity contribution is 7.98. The third-order valence-electron chi connectivity index (χ3n) is 5.39. The van der Waals surface area contributed by atoms with Crippen LogP contribution in [0.5, 0.6) is 0 Å². The van der Waals surface area contributed by atoms with E-state index in [0.717, 1.165) is 16.9 Å². The van der Waals surface area contributed by atoms with E-state index in [1.807, 2.05) is 85.8 Å². The van der Waals surface area contributed by atoms with Crippen LogP contribution in [0.2, 0.25) is 0 Å². The molecule has 0 heterocycles. The molecule has 0 saturated heterocycles. The van der Waals surface area contributed by atoms with E-state index < -0.39 is 6.04 Å². The zero-order valence-electron chi connectivity index (χ0n) is 19.2. The Labute approximate surface area is 201 Å². The lowest BCUT2D eigenvalue weighted by molar-refractivity contribution is -0.140. The van der Waals surface area contributed by atoms with Gasteiger partial charge in [-0.05, 0) is 23.6 Å². The molecular weight excluding hydrogens is 428 g/mol. The summed E-state index contributed by atoms with van der Waals surface area (Å²) in [6, 6.07) is 29.5. The maximum atomic E-state index is 13.4. The fraction of sp³-hybridized carbons (Fsp3) is 0.286. The van der Waals surface area contributed by atoms with Gasteiger partial charge in [-0.3, -0.25) is 9.59 Å². The van der Waals surface area contributed by atoms with Gasteiger partial charge in [-0.1, -0.05) is 91.0 Å². The summed E-state index contributed by atoms with van der Waals surface area (Å²) in [5, 5.41) is 2.94. The molecule has 1 N–H and O–H groups in total. The summed E-state index contributed by atoms with van der Waals surface area (Å²) in [5.41, 5.74) is 3.31. The Morgan fingerprint density at radius 3 is 1.94 bits per heavy atom. The fourth-order valence-corrected chi connectivity index (χ4v) is 4.58. The highest BCUT2D eigenvalue weighted by Gasteiger charge is 2.29. The SMILES string of the molecule is CCNC(=O)[C@H](Cc1ccccc1)N(Cc1ccccc1)C(=O)CCSCc1ccccc1. The molecule has 2 amide bonds. The molecule has 172 valence electrons. The summed E-state index contributed by atoms with van der Waals surface area (Å²) in [6.45, 7) is 2.85. The number of rotatable bonds is 12. The quantitative estimate of drug-likeness (QED) is 0.383. The van der Waals surface area contributed by atoms with Crippen LogP contribution in [-0.4, -0.2) is 35.1 Å². The molecular formula is C28H32N2O2S. The van der Waals surface area contributed by atoms with Crippen LogP contribution in [0.15, 0.2) is 91.0 Å². The van der Waals surface area contributed by atoms with Crippen molar-refractivity contribution in [1.82, 2.24) is 10.2 Å². The molecule has 0 aliphatic carbocycles. The number of carbonyl (C=O) groups excluding carboxylic acids is 2. The van der Waals surface area contributed by atoms with Crippen LogP contribution < -0.4 is 5.32 Å². The van der Waals surface area contributed by atoms with Crippen LogP contribution in [0.25, 0.3) is 0 Å². The van der Waals surface area contributed by atoms with Gasteiger partial charge < -0.3 is 10.2 Å². The van der Waals surface area contributed by atoms with Crippen LogP contribution in [0, 0.1) is 0 Å². The van der Waals surface area contributed by atoms with Crippen molar-refractivity contribution in [2.24, 2.45) is 0 Å². The van der Waals surface area contributed by atoms with Crippen LogP contribution in [0.4, 0.5) is 0 Å². The topological polar surface area (TPSA) is 49.4 Å². The van der Waals surface area contributed by atoms with Crippen molar-refractivity contribution in [3.63, 3.8) is 0 Å². The van der Waals surface area contributed by atoms with Crippen molar-refractivity contribution in [3.8, 4) is 0 Å². The number of hydrogen-bond acceptors (Lipinski definition) is 3. The summed E-state index contributed by atoms with van der Waals surface area (Å²) >= 11 is 1.74. The van der Waals surface area contributed by atoms with E-state index in [1.54, 1.807) is 16.7 Å². The van der Waals surface area contributed by atoms with Crippen molar-refractivity contribution in [3.05, 3.63) is 108 Å². The summed E-state index contributed by atoms with van der Waals surface area (Å²) in [4.78, 5) is 28.3. The summed E-state index contributed by atoms with van der Waals surface area (Å²) in [6.07, 6.45) is 0.886. The molecule has 0 aromatic heterocycles. The minimum Gasteiger partial charge on any atom is -0.355 e. The molecule has 0 aliphatic rings. The van der Waals surface area contributed by atoms with Crippen molar-refractivity contribution < 1.29 is 9.59 Å². The Hall–Kier alpha value is -3.05. The van der Waals surface area contributed by atoms with Crippen molar-refractivity contribution >= 4 is 23.6 Å². The van der Waals surface area contributed by atoms with Gasteiger partial charge in [-0.2, -0.15) is 11.8 Å². The first-order chi connectivity index (χ1) is 16.2. The second-order valence-electron chi connectivity index (χ2n) is 7.90. The lowest BCUT2D eigenvalue weighted by Crippen LogP contribution is -2.50. The predicted molar refractivity (Wildman–Crippen MR) is 137 cm³/mol. The van der Waals surface area contributed by atoms with Gasteiger partial charge in [0.2, 0.25) is 11.8 Å². The molecule has 1 atom stereocenters. The molecule has 4 nitrogen and oxygen atoms in total. The number of carbonyl (C=O) groups is 2. The number of hydrogen-bond donors (Lipinski definition) is 1. The number of amides is 2. The maximum Gasteiger partial charge on any atom is 0.243 e. The Balaban J connectivity index is 1.74. The average Bonchev–Trinajstić information content (AvgIpc) is 2.86. The number of nitrogens with zero attached hydrogens (tertiary/aromatic N) is 1. The number of thioether (sulfide) groups is 1. The monoisotopic (exact) mass is 460 g/mol. The van der Waals surface area contributed by atoms with E-state index in [0.29, 0.717) is 31.7 Å². The predicted octanol–water partition coefficient (Wildman–Crippen LogP) is 5.09. The molecule has 33 heavy (non-hydrogen) atoms. The first-order valence-corrected chi connectivity index (χ1v) is 12.6. The second kappa shape index (κ2) is 13.5. The summed E-state index contributed by atoms with van der Waals surface area (Å²) in [5.74, 6) is 1.48. The zero-order chi connectivity index (χ0) is 23.3. The van der Waals surface area contributed by atoms with Gasteiger partial charge in [0.25, 0.3) is 0 Å². The Morgan fingerprint density at radius 1 is 0.818 bits per heavy atom. The highest BCUT2D eigenvalue weighted by atomic mass is 32.2. The van der Waals surface area contributed by atoms with Gasteiger partial charge in [-0.25, -0.2) is 0 Å². The summed E-state index contributed by atoms with van der Waals surface area (Å²) in [7, 11) is 0. The average molecular weight is 461 g/mol. The zero-order valence-corrected chi connectivity index (χ0v) is 20.0. The van der Waals surface area contributed by atoms with Gasteiger partial charge >= 0.3 is 0 Å². The van der Waals surface area contributed by atoms with Crippen LogP contribution in [0.1, 0.15) is 30.0 Å². The van der Waals surface area contributed by atoms with E-state index in [-0.39, 0.29) is 11.8 Å². The normalized spacial score (nSPS) is 11.5. The molecule has 0 radical (unpaired) electrons. The molecule has 0 unspecified atom stereocenters. The Bertz CT molecular complexity index is 981. The number of benzene rings is 3. The second-order valence-corrected chi connectivity index (χ2v) is 9.00. The van der Waals surface area contributed by atoms with Crippen LogP contribution in [0.3, 0.4) is 0 Å². The van der Waals surface area contributed by atoms with Gasteiger partial charge in [-0.15, -0.1) is 0 Å². The van der Waals surface area contributed by atoms with Crippen LogP contribution >= 0.6 is 11.8 Å². The standard InChI is InChI=1S/C28H32N2O2S/c1-2-29-28(32)26(20-23-12-6-3-7-13-23)30(21-24-14-8-4-9-15-24)27(31)18-19-33-22-25-16-10-5-11-17-25/h3-17,26H,2,18-22H2,1H3,(H,29,32)/t26-/m0/s1. The first kappa shape index (κ1) is 24.6. The van der Waals surface area contributed by atoms with E-state index >= 15 is 0 Å². The van der Waals surface area contributed by atoms with E-state index in [4.69, 9.17) is 0 Å². The van der Waals surface area contributed by atoms with E-state index in [1.165, 1.54) is 5.56 Å². The molecule has 3 aromatic carbocycles. The first-order valence-electron chi connectivity index (χ1n) is 11.4. The minimum absolute atomic E-state index is 0.00611. The largest absolute Gasteiger partial charge is 0.355 e. The summed E-state index contributed by atoms with van der Waals surface area (Å²) < 4.78 is 0. The molecule has 3 aromatic rings.